The van der Waals surface area contributed by atoms with E-state index in [9.17, 15) is 9.18 Å². The molecule has 1 fully saturated rings. The molecule has 2 unspecified atom stereocenters. The van der Waals surface area contributed by atoms with E-state index >= 15 is 0 Å². The molecule has 2 heterocycles. The summed E-state index contributed by atoms with van der Waals surface area (Å²) in [7, 11) is 0. The van der Waals surface area contributed by atoms with Gasteiger partial charge in [-0.05, 0) is 38.4 Å². The van der Waals surface area contributed by atoms with Gasteiger partial charge in [0, 0.05) is 17.6 Å². The fourth-order valence-electron chi connectivity index (χ4n) is 2.62. The smallest absolute Gasteiger partial charge is 0.263 e. The molecule has 2 atom stereocenters. The molecule has 1 aliphatic rings. The lowest BCUT2D eigenvalue weighted by Gasteiger charge is -2.30. The number of nitrogens with one attached hydrogen (secondary N) is 2. The highest BCUT2D eigenvalue weighted by Gasteiger charge is 2.24. The second-order valence-electron chi connectivity index (χ2n) is 5.47. The largest absolute Gasteiger partial charge is 0.347 e. The second kappa shape index (κ2) is 9.32. The van der Waals surface area contributed by atoms with Crippen molar-refractivity contribution in [3.05, 3.63) is 41.2 Å². The van der Waals surface area contributed by atoms with Crippen molar-refractivity contribution in [3.8, 4) is 10.6 Å². The molecule has 2 aromatic rings. The third-order valence-electron chi connectivity index (χ3n) is 3.91. The number of carbonyl (C=O) groups excluding carboxylic acids is 1. The third kappa shape index (κ3) is 4.66. The summed E-state index contributed by atoms with van der Waals surface area (Å²) >= 11 is 1.21. The van der Waals surface area contributed by atoms with Gasteiger partial charge in [-0.1, -0.05) is 12.1 Å². The van der Waals surface area contributed by atoms with Crippen LogP contribution in [0.3, 0.4) is 0 Å². The number of carbonyl (C=O) groups is 1. The number of hydrogen-bond donors (Lipinski definition) is 2. The van der Waals surface area contributed by atoms with Crippen molar-refractivity contribution < 1.29 is 9.18 Å². The van der Waals surface area contributed by atoms with Gasteiger partial charge >= 0.3 is 0 Å². The van der Waals surface area contributed by atoms with Gasteiger partial charge in [0.25, 0.3) is 5.91 Å². The van der Waals surface area contributed by atoms with Crippen LogP contribution in [-0.2, 0) is 0 Å². The van der Waals surface area contributed by atoms with Crippen LogP contribution in [0.4, 0.5) is 4.39 Å². The molecule has 0 radical (unpaired) electrons. The number of halogens is 3. The van der Waals surface area contributed by atoms with E-state index in [1.807, 2.05) is 0 Å². The minimum absolute atomic E-state index is 0. The average molecular weight is 392 g/mol. The standard InChI is InChI=1S/C16H18FN3OS.2ClH/c1-10-13(7-4-8-18-10)20-15(21)14-9-19-16(22-14)11-5-2-3-6-12(11)17;;/h2-3,5-6,9-10,13,18H,4,7-8H2,1H3,(H,20,21);2*1H. The molecule has 0 spiro atoms. The summed E-state index contributed by atoms with van der Waals surface area (Å²) in [5.74, 6) is -0.463. The van der Waals surface area contributed by atoms with Gasteiger partial charge in [-0.3, -0.25) is 4.79 Å². The molecule has 1 aliphatic heterocycles. The van der Waals surface area contributed by atoms with Crippen LogP contribution in [0, 0.1) is 5.82 Å². The van der Waals surface area contributed by atoms with Crippen molar-refractivity contribution in [3.63, 3.8) is 0 Å². The van der Waals surface area contributed by atoms with Crippen LogP contribution in [0.5, 0.6) is 0 Å². The van der Waals surface area contributed by atoms with E-state index in [-0.39, 0.29) is 48.6 Å². The first-order valence-corrected chi connectivity index (χ1v) is 8.22. The maximum atomic E-state index is 13.8. The van der Waals surface area contributed by atoms with Crippen molar-refractivity contribution in [1.82, 2.24) is 15.6 Å². The summed E-state index contributed by atoms with van der Waals surface area (Å²) < 4.78 is 13.8. The Morgan fingerprint density at radius 3 is 2.83 bits per heavy atom. The molecule has 1 aromatic heterocycles. The van der Waals surface area contributed by atoms with Crippen molar-refractivity contribution in [2.24, 2.45) is 0 Å². The fraction of sp³-hybridized carbons (Fsp3) is 0.375. The number of amides is 1. The molecule has 0 aliphatic carbocycles. The van der Waals surface area contributed by atoms with Gasteiger partial charge < -0.3 is 10.6 Å². The van der Waals surface area contributed by atoms with Gasteiger partial charge in [0.2, 0.25) is 0 Å². The highest BCUT2D eigenvalue weighted by molar-refractivity contribution is 7.16. The molecule has 1 saturated heterocycles. The molecule has 3 rings (SSSR count). The van der Waals surface area contributed by atoms with E-state index in [2.05, 4.69) is 22.5 Å². The SMILES string of the molecule is CC1NCCCC1NC(=O)c1cnc(-c2ccccc2F)s1.Cl.Cl. The molecule has 132 valence electrons. The molecular weight excluding hydrogens is 372 g/mol. The molecule has 2 N–H and O–H groups in total. The minimum Gasteiger partial charge on any atom is -0.347 e. The third-order valence-corrected chi connectivity index (χ3v) is 4.94. The van der Waals surface area contributed by atoms with Gasteiger partial charge in [0.15, 0.2) is 0 Å². The van der Waals surface area contributed by atoms with Crippen LogP contribution >= 0.6 is 36.2 Å². The van der Waals surface area contributed by atoms with Gasteiger partial charge in [-0.25, -0.2) is 9.37 Å². The van der Waals surface area contributed by atoms with Crippen LogP contribution in [0.1, 0.15) is 29.4 Å². The van der Waals surface area contributed by atoms with Gasteiger partial charge in [-0.15, -0.1) is 36.2 Å². The van der Waals surface area contributed by atoms with E-state index in [1.165, 1.54) is 23.6 Å². The zero-order valence-corrected chi connectivity index (χ0v) is 15.6. The Bertz CT molecular complexity index is 683. The van der Waals surface area contributed by atoms with E-state index in [0.717, 1.165) is 19.4 Å². The number of rotatable bonds is 3. The molecule has 4 nitrogen and oxygen atoms in total. The monoisotopic (exact) mass is 391 g/mol. The Morgan fingerprint density at radius 1 is 1.38 bits per heavy atom. The van der Waals surface area contributed by atoms with E-state index in [0.29, 0.717) is 15.4 Å². The number of benzene rings is 1. The fourth-order valence-corrected chi connectivity index (χ4v) is 3.47. The zero-order chi connectivity index (χ0) is 15.5. The highest BCUT2D eigenvalue weighted by atomic mass is 35.5. The van der Waals surface area contributed by atoms with Crippen molar-refractivity contribution in [2.75, 3.05) is 6.54 Å². The molecular formula is C16H20Cl2FN3OS. The lowest BCUT2D eigenvalue weighted by atomic mass is 10.00. The van der Waals surface area contributed by atoms with Crippen LogP contribution in [-0.4, -0.2) is 29.5 Å². The maximum absolute atomic E-state index is 13.8. The van der Waals surface area contributed by atoms with Crippen LogP contribution in [0.25, 0.3) is 10.6 Å². The van der Waals surface area contributed by atoms with Crippen LogP contribution < -0.4 is 10.6 Å². The predicted octanol–water partition coefficient (Wildman–Crippen LogP) is 3.66. The average Bonchev–Trinajstić information content (AvgIpc) is 3.00. The van der Waals surface area contributed by atoms with Crippen molar-refractivity contribution in [1.29, 1.82) is 0 Å². The number of hydrogen-bond acceptors (Lipinski definition) is 4. The van der Waals surface area contributed by atoms with E-state index < -0.39 is 0 Å². The summed E-state index contributed by atoms with van der Waals surface area (Å²) in [5, 5.41) is 6.92. The molecule has 0 bridgehead atoms. The Hall–Kier alpha value is -1.21. The summed E-state index contributed by atoms with van der Waals surface area (Å²) in [6.07, 6.45) is 3.54. The van der Waals surface area contributed by atoms with Crippen LogP contribution in [0.2, 0.25) is 0 Å². The molecule has 24 heavy (non-hydrogen) atoms. The van der Waals surface area contributed by atoms with Crippen molar-refractivity contribution in [2.45, 2.75) is 31.8 Å². The summed E-state index contributed by atoms with van der Waals surface area (Å²) in [4.78, 5) is 17.0. The van der Waals surface area contributed by atoms with Gasteiger partial charge in [-0.2, -0.15) is 0 Å². The van der Waals surface area contributed by atoms with E-state index in [4.69, 9.17) is 0 Å². The molecule has 0 saturated carbocycles. The lowest BCUT2D eigenvalue weighted by molar-refractivity contribution is 0.0924. The topological polar surface area (TPSA) is 54.0 Å². The number of thiazole rings is 1. The molecule has 8 heteroatoms. The van der Waals surface area contributed by atoms with Gasteiger partial charge in [0.05, 0.1) is 6.20 Å². The lowest BCUT2D eigenvalue weighted by Crippen LogP contribution is -2.51. The van der Waals surface area contributed by atoms with Crippen LogP contribution in [0.15, 0.2) is 30.5 Å². The minimum atomic E-state index is -0.325. The van der Waals surface area contributed by atoms with Gasteiger partial charge in [0.1, 0.15) is 15.7 Å². The predicted molar refractivity (Wildman–Crippen MR) is 100.0 cm³/mol. The number of aromatic nitrogens is 1. The summed E-state index contributed by atoms with van der Waals surface area (Å²) in [6, 6.07) is 6.85. The number of piperidine rings is 1. The van der Waals surface area contributed by atoms with E-state index in [1.54, 1.807) is 18.2 Å². The Labute approximate surface area is 157 Å². The number of nitrogens with zero attached hydrogens (tertiary/aromatic N) is 1. The molecule has 1 amide bonds. The van der Waals surface area contributed by atoms with Crippen molar-refractivity contribution >= 4 is 42.1 Å². The quantitative estimate of drug-likeness (QED) is 0.838. The maximum Gasteiger partial charge on any atom is 0.263 e. The first-order chi connectivity index (χ1) is 10.6. The Balaban J connectivity index is 0.00000144. The first kappa shape index (κ1) is 20.8. The normalized spacial score (nSPS) is 19.8. The summed E-state index contributed by atoms with van der Waals surface area (Å²) in [6.45, 7) is 3.06. The second-order valence-corrected chi connectivity index (χ2v) is 6.51. The Kier molecular flexibility index (Phi) is 8.09. The Morgan fingerprint density at radius 2 is 2.12 bits per heavy atom. The first-order valence-electron chi connectivity index (χ1n) is 7.40. The highest BCUT2D eigenvalue weighted by Crippen LogP contribution is 2.27. The molecule has 1 aromatic carbocycles. The zero-order valence-electron chi connectivity index (χ0n) is 13.1. The summed E-state index contributed by atoms with van der Waals surface area (Å²) in [5.41, 5.74) is 0.430.